The molecule has 0 bridgehead atoms. The molecule has 0 radical (unpaired) electrons. The molecular formula is C58H44N2O. The Morgan fingerprint density at radius 1 is 0.426 bits per heavy atom. The fraction of sp³-hybridized carbons (Fsp3) is 0.103. The Labute approximate surface area is 355 Å². The number of hydrogen-bond donors (Lipinski definition) is 0. The molecule has 0 N–H and O–H groups in total. The quantitative estimate of drug-likeness (QED) is 0.161. The van der Waals surface area contributed by atoms with Crippen LogP contribution >= 0.6 is 0 Å². The van der Waals surface area contributed by atoms with E-state index in [1.54, 1.807) is 0 Å². The van der Waals surface area contributed by atoms with E-state index >= 15 is 0 Å². The van der Waals surface area contributed by atoms with Crippen molar-refractivity contribution in [2.45, 2.75) is 38.0 Å². The molecular weight excluding hydrogens is 741 g/mol. The van der Waals surface area contributed by atoms with E-state index in [-0.39, 0.29) is 0 Å². The van der Waals surface area contributed by atoms with Gasteiger partial charge in [-0.05, 0) is 107 Å². The van der Waals surface area contributed by atoms with E-state index in [0.717, 1.165) is 50.3 Å². The Bertz CT molecular complexity index is 3420. The maximum Gasteiger partial charge on any atom is 0.135 e. The van der Waals surface area contributed by atoms with Crippen molar-refractivity contribution in [1.29, 1.82) is 0 Å². The third-order valence-electron chi connectivity index (χ3n) is 13.2. The average molecular weight is 785 g/mol. The zero-order valence-corrected chi connectivity index (χ0v) is 34.0. The molecule has 292 valence electrons. The van der Waals surface area contributed by atoms with E-state index in [9.17, 15) is 0 Å². The van der Waals surface area contributed by atoms with Crippen molar-refractivity contribution >= 4 is 71.6 Å². The van der Waals surface area contributed by atoms with Crippen molar-refractivity contribution in [3.8, 4) is 27.9 Å². The molecule has 2 heterocycles. The Balaban J connectivity index is 1.14. The molecule has 1 saturated carbocycles. The summed E-state index contributed by atoms with van der Waals surface area (Å²) in [6, 6.07) is 73.3. The number of benzene rings is 9. The summed E-state index contributed by atoms with van der Waals surface area (Å²) >= 11 is 0. The lowest BCUT2D eigenvalue weighted by molar-refractivity contribution is 0.445. The first-order valence-corrected chi connectivity index (χ1v) is 21.8. The predicted molar refractivity (Wildman–Crippen MR) is 257 cm³/mol. The van der Waals surface area contributed by atoms with Crippen molar-refractivity contribution in [3.63, 3.8) is 0 Å². The molecule has 0 aliphatic heterocycles. The second kappa shape index (κ2) is 14.7. The van der Waals surface area contributed by atoms with Gasteiger partial charge in [0.15, 0.2) is 0 Å². The third kappa shape index (κ3) is 5.87. The number of aromatic nitrogens is 1. The molecule has 0 atom stereocenters. The molecule has 1 fully saturated rings. The van der Waals surface area contributed by atoms with Gasteiger partial charge in [-0.25, -0.2) is 0 Å². The normalized spacial score (nSPS) is 13.5. The van der Waals surface area contributed by atoms with Gasteiger partial charge in [-0.2, -0.15) is 0 Å². The van der Waals surface area contributed by atoms with Gasteiger partial charge in [0.2, 0.25) is 0 Å². The minimum Gasteiger partial charge on any atom is -0.456 e. The Morgan fingerprint density at radius 2 is 1.02 bits per heavy atom. The van der Waals surface area contributed by atoms with Crippen molar-refractivity contribution < 1.29 is 4.42 Å². The first kappa shape index (κ1) is 35.6. The fourth-order valence-corrected chi connectivity index (χ4v) is 10.5. The zero-order chi connectivity index (χ0) is 40.3. The van der Waals surface area contributed by atoms with Crippen LogP contribution in [-0.4, -0.2) is 4.57 Å². The molecule has 0 unspecified atom stereocenters. The summed E-state index contributed by atoms with van der Waals surface area (Å²) in [5.41, 5.74) is 15.0. The number of para-hydroxylation sites is 5. The summed E-state index contributed by atoms with van der Waals surface area (Å²) in [5, 5.41) is 7.37. The van der Waals surface area contributed by atoms with Crippen LogP contribution in [0, 0.1) is 0 Å². The molecule has 9 aromatic carbocycles. The summed E-state index contributed by atoms with van der Waals surface area (Å²) in [5.74, 6) is 0.567. The zero-order valence-electron chi connectivity index (χ0n) is 34.0. The molecule has 3 nitrogen and oxygen atoms in total. The standard InChI is InChI=1S/C58H44N2O/c1-3-18-39(19-4-1)43-28-15-20-40-21-16-29-47(57(40)43)44-24-7-11-31-51(44)60(42-36-37-56-50(38-42)46-26-10-14-35-55(46)61-56)52-32-12-8-25-45(52)48-30-17-34-54-58(48)49-27-9-13-33-53(49)59(54)41-22-5-2-6-23-41/h2,5-17,20-39H,1,3-4,18-19H2. The number of hydrogen-bond acceptors (Lipinski definition) is 2. The molecule has 3 heteroatoms. The molecule has 11 aromatic rings. The highest BCUT2D eigenvalue weighted by Gasteiger charge is 2.26. The van der Waals surface area contributed by atoms with Gasteiger partial charge < -0.3 is 13.9 Å². The van der Waals surface area contributed by atoms with Gasteiger partial charge in [0.25, 0.3) is 0 Å². The van der Waals surface area contributed by atoms with E-state index in [1.165, 1.54) is 86.9 Å². The summed E-state index contributed by atoms with van der Waals surface area (Å²) in [6.07, 6.45) is 6.43. The average Bonchev–Trinajstić information content (AvgIpc) is 3.88. The summed E-state index contributed by atoms with van der Waals surface area (Å²) in [6.45, 7) is 0. The highest BCUT2D eigenvalue weighted by Crippen LogP contribution is 2.50. The van der Waals surface area contributed by atoms with E-state index in [4.69, 9.17) is 4.42 Å². The third-order valence-corrected chi connectivity index (χ3v) is 13.2. The second-order valence-electron chi connectivity index (χ2n) is 16.6. The van der Waals surface area contributed by atoms with Crippen molar-refractivity contribution in [3.05, 3.63) is 206 Å². The monoisotopic (exact) mass is 784 g/mol. The van der Waals surface area contributed by atoms with Crippen LogP contribution in [0.5, 0.6) is 0 Å². The van der Waals surface area contributed by atoms with Crippen LogP contribution in [0.3, 0.4) is 0 Å². The molecule has 1 aliphatic rings. The Hall–Kier alpha value is -7.36. The first-order valence-electron chi connectivity index (χ1n) is 21.8. The summed E-state index contributed by atoms with van der Waals surface area (Å²) < 4.78 is 8.82. The summed E-state index contributed by atoms with van der Waals surface area (Å²) in [4.78, 5) is 2.50. The van der Waals surface area contributed by atoms with E-state index in [2.05, 4.69) is 204 Å². The van der Waals surface area contributed by atoms with Crippen LogP contribution in [-0.2, 0) is 0 Å². The molecule has 2 aromatic heterocycles. The minimum absolute atomic E-state index is 0.567. The van der Waals surface area contributed by atoms with Crippen molar-refractivity contribution in [2.75, 3.05) is 4.90 Å². The molecule has 12 rings (SSSR count). The Kier molecular flexibility index (Phi) is 8.59. The molecule has 0 saturated heterocycles. The largest absolute Gasteiger partial charge is 0.456 e. The van der Waals surface area contributed by atoms with E-state index in [1.807, 2.05) is 6.07 Å². The van der Waals surface area contributed by atoms with Crippen LogP contribution < -0.4 is 4.90 Å². The van der Waals surface area contributed by atoms with E-state index in [0.29, 0.717) is 5.92 Å². The lowest BCUT2D eigenvalue weighted by Crippen LogP contribution is -2.12. The number of nitrogens with zero attached hydrogens (tertiary/aromatic N) is 2. The molecule has 1 aliphatic carbocycles. The van der Waals surface area contributed by atoms with Gasteiger partial charge in [0.05, 0.1) is 22.4 Å². The highest BCUT2D eigenvalue weighted by atomic mass is 16.3. The van der Waals surface area contributed by atoms with Crippen LogP contribution in [0.2, 0.25) is 0 Å². The maximum atomic E-state index is 6.41. The minimum atomic E-state index is 0.567. The SMILES string of the molecule is c1ccc(-n2c3ccccc3c3c(-c4ccccc4N(c4ccc5oc6ccccc6c5c4)c4ccccc4-c4cccc5cccc(C6CCCCC6)c45)cccc32)cc1. The van der Waals surface area contributed by atoms with Gasteiger partial charge in [-0.15, -0.1) is 0 Å². The fourth-order valence-electron chi connectivity index (χ4n) is 10.5. The number of fused-ring (bicyclic) bond motifs is 7. The number of anilines is 3. The molecule has 0 spiro atoms. The lowest BCUT2D eigenvalue weighted by Gasteiger charge is -2.31. The van der Waals surface area contributed by atoms with Crippen LogP contribution in [0.1, 0.15) is 43.6 Å². The van der Waals surface area contributed by atoms with Crippen LogP contribution in [0.4, 0.5) is 17.1 Å². The Morgan fingerprint density at radius 3 is 1.80 bits per heavy atom. The van der Waals surface area contributed by atoms with E-state index < -0.39 is 0 Å². The van der Waals surface area contributed by atoms with Gasteiger partial charge in [-0.3, -0.25) is 0 Å². The summed E-state index contributed by atoms with van der Waals surface area (Å²) in [7, 11) is 0. The van der Waals surface area contributed by atoms with Gasteiger partial charge in [0, 0.05) is 44.0 Å². The predicted octanol–water partition coefficient (Wildman–Crippen LogP) is 16.7. The second-order valence-corrected chi connectivity index (χ2v) is 16.6. The topological polar surface area (TPSA) is 21.3 Å². The van der Waals surface area contributed by atoms with Crippen molar-refractivity contribution in [2.24, 2.45) is 0 Å². The number of furan rings is 1. The molecule has 61 heavy (non-hydrogen) atoms. The first-order chi connectivity index (χ1) is 30.3. The highest BCUT2D eigenvalue weighted by molar-refractivity contribution is 6.17. The number of rotatable bonds is 7. The molecule has 0 amide bonds. The van der Waals surface area contributed by atoms with Gasteiger partial charge in [-0.1, -0.05) is 159 Å². The van der Waals surface area contributed by atoms with Gasteiger partial charge in [0.1, 0.15) is 11.2 Å². The van der Waals surface area contributed by atoms with Crippen molar-refractivity contribution in [1.82, 2.24) is 4.57 Å². The van der Waals surface area contributed by atoms with Gasteiger partial charge >= 0.3 is 0 Å². The van der Waals surface area contributed by atoms with Crippen LogP contribution in [0.25, 0.3) is 82.5 Å². The van der Waals surface area contributed by atoms with Crippen LogP contribution in [0.15, 0.2) is 205 Å². The smallest absolute Gasteiger partial charge is 0.135 e. The maximum absolute atomic E-state index is 6.41. The lowest BCUT2D eigenvalue weighted by atomic mass is 9.80.